The molecule has 0 amide bonds. The average molecular weight is 173 g/mol. The second kappa shape index (κ2) is 3.18. The third kappa shape index (κ3) is 1.33. The zero-order valence-electron chi connectivity index (χ0n) is 6.79. The molecular weight excluding hydrogens is 166 g/mol. The lowest BCUT2D eigenvalue weighted by atomic mass is 10.2. The van der Waals surface area contributed by atoms with Crippen molar-refractivity contribution in [3.05, 3.63) is 40.8 Å². The van der Waals surface area contributed by atoms with Crippen LogP contribution in [0, 0.1) is 4.91 Å². The summed E-state index contributed by atoms with van der Waals surface area (Å²) in [5.74, 6) is 0. The number of fused-ring (bicyclic) bond motifs is 1. The maximum atomic E-state index is 10.4. The molecule has 0 radical (unpaired) electrons. The van der Waals surface area contributed by atoms with E-state index in [1.165, 1.54) is 6.21 Å². The van der Waals surface area contributed by atoms with Crippen LogP contribution in [-0.4, -0.2) is 6.21 Å². The van der Waals surface area contributed by atoms with Gasteiger partial charge in [-0.15, -0.1) is 10.0 Å². The van der Waals surface area contributed by atoms with Gasteiger partial charge in [0, 0.05) is 11.8 Å². The van der Waals surface area contributed by atoms with E-state index in [9.17, 15) is 4.91 Å². The highest BCUT2D eigenvalue weighted by Crippen LogP contribution is 2.23. The van der Waals surface area contributed by atoms with Gasteiger partial charge in [-0.3, -0.25) is 0 Å². The van der Waals surface area contributed by atoms with Crippen molar-refractivity contribution in [3.8, 4) is 0 Å². The molecule has 0 unspecified atom stereocenters. The van der Waals surface area contributed by atoms with Crippen molar-refractivity contribution in [1.29, 1.82) is 0 Å². The van der Waals surface area contributed by atoms with Crippen LogP contribution < -0.4 is 5.12 Å². The van der Waals surface area contributed by atoms with E-state index in [1.807, 2.05) is 24.3 Å². The molecule has 0 saturated carbocycles. The van der Waals surface area contributed by atoms with Gasteiger partial charge in [-0.25, -0.2) is 0 Å². The molecule has 0 saturated heterocycles. The standard InChI is InChI=1S/C9H7N3O/c13-11-12-9-6-2-1-4-8(9)5-3-7-10-12/h1-7H. The summed E-state index contributed by atoms with van der Waals surface area (Å²) in [5, 5.41) is 7.68. The number of allylic oxidation sites excluding steroid dienone is 1. The number of para-hydroxylation sites is 1. The predicted molar refractivity (Wildman–Crippen MR) is 52.2 cm³/mol. The quantitative estimate of drug-likeness (QED) is 0.611. The zero-order valence-corrected chi connectivity index (χ0v) is 6.79. The molecule has 1 aliphatic heterocycles. The first kappa shape index (κ1) is 7.67. The number of hydrogen-bond acceptors (Lipinski definition) is 3. The van der Waals surface area contributed by atoms with Crippen molar-refractivity contribution in [2.24, 2.45) is 10.4 Å². The van der Waals surface area contributed by atoms with E-state index in [1.54, 1.807) is 12.1 Å². The maximum Gasteiger partial charge on any atom is 0.0962 e. The van der Waals surface area contributed by atoms with Crippen LogP contribution in [0.2, 0.25) is 0 Å². The van der Waals surface area contributed by atoms with Gasteiger partial charge < -0.3 is 0 Å². The predicted octanol–water partition coefficient (Wildman–Crippen LogP) is 2.19. The number of hydrazone groups is 1. The van der Waals surface area contributed by atoms with Gasteiger partial charge in [-0.1, -0.05) is 24.3 Å². The molecule has 0 N–H and O–H groups in total. The summed E-state index contributed by atoms with van der Waals surface area (Å²) in [5.41, 5.74) is 1.63. The van der Waals surface area contributed by atoms with Crippen molar-refractivity contribution in [1.82, 2.24) is 0 Å². The summed E-state index contributed by atoms with van der Waals surface area (Å²) in [6.07, 6.45) is 5.18. The third-order valence-corrected chi connectivity index (χ3v) is 1.77. The highest BCUT2D eigenvalue weighted by atomic mass is 16.3. The lowest BCUT2D eigenvalue weighted by Crippen LogP contribution is -2.06. The Bertz CT molecular complexity index is 384. The summed E-state index contributed by atoms with van der Waals surface area (Å²) in [6.45, 7) is 0. The molecule has 1 aliphatic rings. The first-order chi connectivity index (χ1) is 6.42. The van der Waals surface area contributed by atoms with Crippen molar-refractivity contribution in [2.75, 3.05) is 5.12 Å². The van der Waals surface area contributed by atoms with Gasteiger partial charge in [-0.2, -0.15) is 5.10 Å². The first-order valence-electron chi connectivity index (χ1n) is 3.85. The molecule has 4 heteroatoms. The van der Waals surface area contributed by atoms with Gasteiger partial charge in [0.05, 0.1) is 11.0 Å². The molecular formula is C9H7N3O. The van der Waals surface area contributed by atoms with Gasteiger partial charge in [0.15, 0.2) is 0 Å². The normalized spacial score (nSPS) is 13.7. The van der Waals surface area contributed by atoms with Crippen LogP contribution in [-0.2, 0) is 0 Å². The monoisotopic (exact) mass is 173 g/mol. The van der Waals surface area contributed by atoms with Gasteiger partial charge >= 0.3 is 0 Å². The molecule has 0 bridgehead atoms. The number of nitrogens with zero attached hydrogens (tertiary/aromatic N) is 3. The Hall–Kier alpha value is -1.97. The van der Waals surface area contributed by atoms with Gasteiger partial charge in [0.25, 0.3) is 0 Å². The van der Waals surface area contributed by atoms with E-state index < -0.39 is 0 Å². The highest BCUT2D eigenvalue weighted by molar-refractivity contribution is 5.84. The molecule has 0 aliphatic carbocycles. The molecule has 64 valence electrons. The molecule has 1 aromatic rings. The van der Waals surface area contributed by atoms with Crippen LogP contribution in [0.25, 0.3) is 6.08 Å². The number of hydrogen-bond donors (Lipinski definition) is 0. The van der Waals surface area contributed by atoms with E-state index in [4.69, 9.17) is 0 Å². The molecule has 0 fully saturated rings. The van der Waals surface area contributed by atoms with E-state index in [2.05, 4.69) is 10.4 Å². The molecule has 4 nitrogen and oxygen atoms in total. The molecule has 2 rings (SSSR count). The lowest BCUT2D eigenvalue weighted by molar-refractivity contribution is 0.923. The third-order valence-electron chi connectivity index (χ3n) is 1.77. The SMILES string of the molecule is O=NN1N=CC=Cc2ccccc21. The molecule has 0 atom stereocenters. The molecule has 1 aromatic carbocycles. The fraction of sp³-hybridized carbons (Fsp3) is 0. The Morgan fingerprint density at radius 3 is 3.00 bits per heavy atom. The minimum absolute atomic E-state index is 0.697. The van der Waals surface area contributed by atoms with Gasteiger partial charge in [-0.05, 0) is 12.1 Å². The van der Waals surface area contributed by atoms with Crippen LogP contribution in [0.4, 0.5) is 5.69 Å². The van der Waals surface area contributed by atoms with Crippen LogP contribution >= 0.6 is 0 Å². The summed E-state index contributed by atoms with van der Waals surface area (Å²) in [6, 6.07) is 7.44. The smallest absolute Gasteiger partial charge is 0.0962 e. The lowest BCUT2D eigenvalue weighted by Gasteiger charge is -2.09. The number of rotatable bonds is 1. The molecule has 13 heavy (non-hydrogen) atoms. The summed E-state index contributed by atoms with van der Waals surface area (Å²) in [7, 11) is 0. The van der Waals surface area contributed by atoms with Crippen molar-refractivity contribution >= 4 is 18.0 Å². The van der Waals surface area contributed by atoms with Crippen molar-refractivity contribution in [3.63, 3.8) is 0 Å². The topological polar surface area (TPSA) is 45.0 Å². The number of nitroso groups, excluding NO2 is 1. The maximum absolute atomic E-state index is 10.4. The van der Waals surface area contributed by atoms with Crippen LogP contribution in [0.5, 0.6) is 0 Å². The van der Waals surface area contributed by atoms with Gasteiger partial charge in [0.1, 0.15) is 0 Å². The summed E-state index contributed by atoms with van der Waals surface area (Å²) >= 11 is 0. The highest BCUT2D eigenvalue weighted by Gasteiger charge is 2.08. The first-order valence-corrected chi connectivity index (χ1v) is 3.85. The largest absolute Gasteiger partial charge is 0.156 e. The van der Waals surface area contributed by atoms with Crippen LogP contribution in [0.1, 0.15) is 5.56 Å². The summed E-state index contributed by atoms with van der Waals surface area (Å²) in [4.78, 5) is 10.4. The van der Waals surface area contributed by atoms with Gasteiger partial charge in [0.2, 0.25) is 0 Å². The molecule has 1 heterocycles. The van der Waals surface area contributed by atoms with E-state index in [0.717, 1.165) is 10.7 Å². The fourth-order valence-electron chi connectivity index (χ4n) is 1.19. The number of benzene rings is 1. The average Bonchev–Trinajstić information content (AvgIpc) is 2.39. The summed E-state index contributed by atoms with van der Waals surface area (Å²) < 4.78 is 0. The number of anilines is 1. The Labute approximate surface area is 75.1 Å². The molecule has 0 spiro atoms. The minimum Gasteiger partial charge on any atom is -0.156 e. The van der Waals surface area contributed by atoms with E-state index >= 15 is 0 Å². The Kier molecular flexibility index (Phi) is 1.88. The second-order valence-corrected chi connectivity index (χ2v) is 2.55. The minimum atomic E-state index is 0.697. The van der Waals surface area contributed by atoms with Crippen LogP contribution in [0.3, 0.4) is 0 Å². The fourth-order valence-corrected chi connectivity index (χ4v) is 1.19. The van der Waals surface area contributed by atoms with E-state index in [-0.39, 0.29) is 0 Å². The molecule has 0 aromatic heterocycles. The van der Waals surface area contributed by atoms with Crippen molar-refractivity contribution in [2.45, 2.75) is 0 Å². The van der Waals surface area contributed by atoms with E-state index in [0.29, 0.717) is 5.69 Å². The van der Waals surface area contributed by atoms with Crippen LogP contribution in [0.15, 0.2) is 40.7 Å². The Balaban J connectivity index is 2.56. The zero-order chi connectivity index (χ0) is 9.10. The second-order valence-electron chi connectivity index (χ2n) is 2.55. The Morgan fingerprint density at radius 2 is 2.15 bits per heavy atom. The Morgan fingerprint density at radius 1 is 1.31 bits per heavy atom. The van der Waals surface area contributed by atoms with Crippen molar-refractivity contribution < 1.29 is 0 Å².